The van der Waals surface area contributed by atoms with Crippen LogP contribution in [0.15, 0.2) is 60.8 Å². The number of amides is 3. The molecule has 0 aliphatic heterocycles. The van der Waals surface area contributed by atoms with Gasteiger partial charge in [-0.05, 0) is 87.4 Å². The number of H-pyrrole nitrogens is 1. The lowest BCUT2D eigenvalue weighted by Crippen LogP contribution is -2.48. The Balaban J connectivity index is 1.33. The van der Waals surface area contributed by atoms with Gasteiger partial charge in [0.05, 0.1) is 17.1 Å². The van der Waals surface area contributed by atoms with Crippen molar-refractivity contribution < 1.29 is 18.8 Å². The quantitative estimate of drug-likeness (QED) is 0.155. The van der Waals surface area contributed by atoms with Crippen molar-refractivity contribution in [3.8, 4) is 11.1 Å². The van der Waals surface area contributed by atoms with E-state index in [-0.39, 0.29) is 35.9 Å². The molecule has 0 bridgehead atoms. The molecule has 1 aliphatic rings. The second-order valence-electron chi connectivity index (χ2n) is 12.0. The maximum atomic E-state index is 14.6. The van der Waals surface area contributed by atoms with Crippen LogP contribution >= 0.6 is 11.6 Å². The molecule has 1 fully saturated rings. The summed E-state index contributed by atoms with van der Waals surface area (Å²) in [5.41, 5.74) is 9.41. The predicted molar refractivity (Wildman–Crippen MR) is 174 cm³/mol. The highest BCUT2D eigenvalue weighted by Gasteiger charge is 2.29. The van der Waals surface area contributed by atoms with Gasteiger partial charge in [-0.25, -0.2) is 4.39 Å². The topological polar surface area (TPSA) is 142 Å². The Morgan fingerprint density at radius 3 is 2.42 bits per heavy atom. The fourth-order valence-corrected chi connectivity index (χ4v) is 6.05. The van der Waals surface area contributed by atoms with Gasteiger partial charge in [0.25, 0.3) is 5.91 Å². The van der Waals surface area contributed by atoms with Gasteiger partial charge in [0, 0.05) is 40.2 Å². The maximum Gasteiger partial charge on any atom is 0.251 e. The van der Waals surface area contributed by atoms with Crippen LogP contribution in [-0.4, -0.2) is 46.5 Å². The zero-order valence-electron chi connectivity index (χ0n) is 25.3. The molecule has 1 aromatic heterocycles. The summed E-state index contributed by atoms with van der Waals surface area (Å²) >= 11 is 6.56. The first-order valence-corrected chi connectivity index (χ1v) is 15.6. The third-order valence-corrected chi connectivity index (χ3v) is 8.63. The van der Waals surface area contributed by atoms with Crippen LogP contribution in [0.3, 0.4) is 0 Å². The Kier molecular flexibility index (Phi) is 10.1. The Morgan fingerprint density at radius 2 is 1.76 bits per heavy atom. The van der Waals surface area contributed by atoms with E-state index in [9.17, 15) is 18.8 Å². The molecular weight excluding hydrogens is 595 g/mol. The molecule has 0 saturated heterocycles. The van der Waals surface area contributed by atoms with E-state index in [2.05, 4.69) is 26.1 Å². The normalized spacial score (nSPS) is 17.2. The standard InChI is InChI=1S/C34H38ClFN6O3/c1-19(2)39-33(44)24-11-12-26(28(35)14-24)22-7-3-20(4-8-22)13-31(41-32(43)23-9-5-21(17-37)6-10-23)34(45)40-25-15-29(36)27-18-38-42-30(27)16-25/h3-4,7-8,11-12,14-16,18-19,21,23,31H,5-6,9-10,13,17,37H2,1-2H3,(H,38,42)(H,39,44)(H,40,45)(H,41,43)/t21-,23-,31?. The van der Waals surface area contributed by atoms with Gasteiger partial charge in [-0.15, -0.1) is 0 Å². The average Bonchev–Trinajstić information content (AvgIpc) is 3.50. The summed E-state index contributed by atoms with van der Waals surface area (Å²) in [6.07, 6.45) is 4.79. The molecule has 9 nitrogen and oxygen atoms in total. The molecule has 5 rings (SSSR count). The molecule has 0 radical (unpaired) electrons. The smallest absolute Gasteiger partial charge is 0.251 e. The van der Waals surface area contributed by atoms with Crippen molar-refractivity contribution in [3.05, 3.63) is 82.8 Å². The molecule has 11 heteroatoms. The van der Waals surface area contributed by atoms with E-state index < -0.39 is 17.8 Å². The van der Waals surface area contributed by atoms with Crippen LogP contribution in [0, 0.1) is 17.7 Å². The maximum absolute atomic E-state index is 14.6. The fourth-order valence-electron chi connectivity index (χ4n) is 5.76. The molecule has 6 N–H and O–H groups in total. The lowest BCUT2D eigenvalue weighted by molar-refractivity contribution is -0.130. The van der Waals surface area contributed by atoms with E-state index in [4.69, 9.17) is 17.3 Å². The first kappa shape index (κ1) is 32.1. The minimum absolute atomic E-state index is 0.00606. The summed E-state index contributed by atoms with van der Waals surface area (Å²) in [7, 11) is 0. The molecule has 1 heterocycles. The molecule has 1 unspecified atom stereocenters. The SMILES string of the molecule is CC(C)NC(=O)c1ccc(-c2ccc(CC(NC(=O)[C@H]3CC[C@H](CN)CC3)C(=O)Nc3cc(F)c4cn[nH]c4c3)cc2)c(Cl)c1. The average molecular weight is 633 g/mol. The summed E-state index contributed by atoms with van der Waals surface area (Å²) in [6.45, 7) is 4.39. The molecule has 4 aromatic rings. The second-order valence-corrected chi connectivity index (χ2v) is 12.4. The predicted octanol–water partition coefficient (Wildman–Crippen LogP) is 5.59. The van der Waals surface area contributed by atoms with Crippen LogP contribution < -0.4 is 21.7 Å². The Labute approximate surface area is 266 Å². The highest BCUT2D eigenvalue weighted by molar-refractivity contribution is 6.33. The molecule has 1 saturated carbocycles. The number of fused-ring (bicyclic) bond motifs is 1. The summed E-state index contributed by atoms with van der Waals surface area (Å²) < 4.78 is 14.6. The number of hydrogen-bond acceptors (Lipinski definition) is 5. The van der Waals surface area contributed by atoms with Crippen LogP contribution in [0.4, 0.5) is 10.1 Å². The molecule has 1 aliphatic carbocycles. The number of carbonyl (C=O) groups excluding carboxylic acids is 3. The summed E-state index contributed by atoms with van der Waals surface area (Å²) in [6, 6.07) is 14.6. The first-order valence-electron chi connectivity index (χ1n) is 15.2. The van der Waals surface area contributed by atoms with Gasteiger partial charge in [0.1, 0.15) is 11.9 Å². The zero-order chi connectivity index (χ0) is 32.1. The molecule has 236 valence electrons. The monoisotopic (exact) mass is 632 g/mol. The number of rotatable bonds is 10. The summed E-state index contributed by atoms with van der Waals surface area (Å²) in [5, 5.41) is 15.9. The number of anilines is 1. The van der Waals surface area contributed by atoms with Crippen LogP contribution in [0.25, 0.3) is 22.0 Å². The highest BCUT2D eigenvalue weighted by atomic mass is 35.5. The van der Waals surface area contributed by atoms with Gasteiger partial charge >= 0.3 is 0 Å². The van der Waals surface area contributed by atoms with Crippen LogP contribution in [0.5, 0.6) is 0 Å². The first-order chi connectivity index (χ1) is 21.6. The number of aromatic amines is 1. The van der Waals surface area contributed by atoms with Crippen molar-refractivity contribution in [2.45, 2.75) is 58.0 Å². The van der Waals surface area contributed by atoms with E-state index in [1.165, 1.54) is 12.3 Å². The van der Waals surface area contributed by atoms with Crippen molar-refractivity contribution in [2.75, 3.05) is 11.9 Å². The minimum atomic E-state index is -0.904. The van der Waals surface area contributed by atoms with Gasteiger partial charge in [-0.2, -0.15) is 5.10 Å². The number of hydrogen-bond donors (Lipinski definition) is 5. The van der Waals surface area contributed by atoms with E-state index in [0.717, 1.165) is 42.4 Å². The lowest BCUT2D eigenvalue weighted by atomic mass is 9.81. The van der Waals surface area contributed by atoms with Gasteiger partial charge in [0.2, 0.25) is 11.8 Å². The van der Waals surface area contributed by atoms with Gasteiger partial charge < -0.3 is 21.7 Å². The van der Waals surface area contributed by atoms with Crippen LogP contribution in [-0.2, 0) is 16.0 Å². The number of halogens is 2. The number of aromatic nitrogens is 2. The lowest BCUT2D eigenvalue weighted by Gasteiger charge is -2.28. The van der Waals surface area contributed by atoms with Crippen molar-refractivity contribution >= 4 is 45.9 Å². The Bertz CT molecular complexity index is 1680. The fraction of sp³-hybridized carbons (Fsp3) is 0.353. The van der Waals surface area contributed by atoms with Crippen molar-refractivity contribution in [3.63, 3.8) is 0 Å². The number of nitrogens with two attached hydrogens (primary N) is 1. The van der Waals surface area contributed by atoms with E-state index >= 15 is 0 Å². The Hall–Kier alpha value is -4.28. The third-order valence-electron chi connectivity index (χ3n) is 8.32. The molecule has 3 amide bonds. The molecule has 1 atom stereocenters. The minimum Gasteiger partial charge on any atom is -0.350 e. The number of nitrogens with zero attached hydrogens (tertiary/aromatic N) is 1. The van der Waals surface area contributed by atoms with Gasteiger partial charge in [-0.3, -0.25) is 19.5 Å². The number of carbonyl (C=O) groups is 3. The van der Waals surface area contributed by atoms with Crippen molar-refractivity contribution in [1.29, 1.82) is 0 Å². The van der Waals surface area contributed by atoms with Crippen LogP contribution in [0.2, 0.25) is 5.02 Å². The van der Waals surface area contributed by atoms with E-state index in [1.807, 2.05) is 38.1 Å². The number of nitrogens with one attached hydrogen (secondary N) is 4. The molecule has 0 spiro atoms. The Morgan fingerprint density at radius 1 is 1.02 bits per heavy atom. The largest absolute Gasteiger partial charge is 0.350 e. The molecule has 3 aromatic carbocycles. The number of benzene rings is 3. The van der Waals surface area contributed by atoms with E-state index in [1.54, 1.807) is 24.3 Å². The van der Waals surface area contributed by atoms with E-state index in [0.29, 0.717) is 34.0 Å². The highest BCUT2D eigenvalue weighted by Crippen LogP contribution is 2.30. The van der Waals surface area contributed by atoms with Crippen molar-refractivity contribution in [2.24, 2.45) is 17.6 Å². The zero-order valence-corrected chi connectivity index (χ0v) is 26.1. The third kappa shape index (κ3) is 7.87. The summed E-state index contributed by atoms with van der Waals surface area (Å²) in [4.78, 5) is 39.3. The molecular formula is C34H38ClFN6O3. The molecule has 45 heavy (non-hydrogen) atoms. The van der Waals surface area contributed by atoms with Gasteiger partial charge in [-0.1, -0.05) is 41.9 Å². The second kappa shape index (κ2) is 14.2. The van der Waals surface area contributed by atoms with Crippen molar-refractivity contribution in [1.82, 2.24) is 20.8 Å². The van der Waals surface area contributed by atoms with Crippen LogP contribution in [0.1, 0.15) is 55.5 Å². The van der Waals surface area contributed by atoms with Gasteiger partial charge in [0.15, 0.2) is 0 Å². The summed E-state index contributed by atoms with van der Waals surface area (Å²) in [5.74, 6) is -1.13.